The molecule has 0 N–H and O–H groups in total. The summed E-state index contributed by atoms with van der Waals surface area (Å²) in [4.78, 5) is 23.6. The normalized spacial score (nSPS) is 12.2. The molecule has 0 bridgehead atoms. The monoisotopic (exact) mass is 388 g/mol. The van der Waals surface area contributed by atoms with E-state index in [0.717, 1.165) is 19.3 Å². The third-order valence-corrected chi connectivity index (χ3v) is 5.23. The summed E-state index contributed by atoms with van der Waals surface area (Å²) in [7, 11) is 0. The highest BCUT2D eigenvalue weighted by molar-refractivity contribution is 5.87. The van der Waals surface area contributed by atoms with Crippen molar-refractivity contribution < 1.29 is 28.5 Å². The first-order valence-electron chi connectivity index (χ1n) is 10.2. The number of carbonyl (C=O) groups is 2. The quantitative estimate of drug-likeness (QED) is 0.278. The maximum atomic E-state index is 12.0. The van der Waals surface area contributed by atoms with E-state index in [4.69, 9.17) is 18.9 Å². The molecule has 0 atom stereocenters. The molecule has 0 unspecified atom stereocenters. The van der Waals surface area contributed by atoms with Gasteiger partial charge >= 0.3 is 5.97 Å². The van der Waals surface area contributed by atoms with Gasteiger partial charge in [0.2, 0.25) is 0 Å². The number of Topliss-reactive ketones (excluding diaryl/α,β-unsaturated/α-hetero) is 1. The predicted molar refractivity (Wildman–Crippen MR) is 106 cm³/mol. The van der Waals surface area contributed by atoms with Crippen LogP contribution in [0.3, 0.4) is 0 Å². The first-order chi connectivity index (χ1) is 12.7. The molecule has 0 aromatic rings. The van der Waals surface area contributed by atoms with Gasteiger partial charge in [-0.3, -0.25) is 9.59 Å². The Balaban J connectivity index is 3.54. The second-order valence-corrected chi connectivity index (χ2v) is 7.61. The van der Waals surface area contributed by atoms with Gasteiger partial charge in [0, 0.05) is 11.8 Å². The molecule has 0 aromatic carbocycles. The largest absolute Gasteiger partial charge is 0.463 e. The molecule has 0 radical (unpaired) electrons. The molecular formula is C21H40O6. The van der Waals surface area contributed by atoms with Gasteiger partial charge in [-0.1, -0.05) is 34.6 Å². The second-order valence-electron chi connectivity index (χ2n) is 7.61. The molecule has 0 saturated heterocycles. The van der Waals surface area contributed by atoms with Crippen LogP contribution in [-0.2, 0) is 28.5 Å². The summed E-state index contributed by atoms with van der Waals surface area (Å²) in [5.41, 5.74) is -0.444. The van der Waals surface area contributed by atoms with Gasteiger partial charge in [-0.15, -0.1) is 0 Å². The Morgan fingerprint density at radius 3 is 1.74 bits per heavy atom. The predicted octanol–water partition coefficient (Wildman–Crippen LogP) is 3.94. The maximum Gasteiger partial charge on any atom is 0.306 e. The van der Waals surface area contributed by atoms with Crippen LogP contribution in [0.2, 0.25) is 0 Å². The minimum absolute atomic E-state index is 0.0688. The third-order valence-electron chi connectivity index (χ3n) is 5.23. The van der Waals surface area contributed by atoms with Crippen molar-refractivity contribution in [2.24, 2.45) is 5.41 Å². The van der Waals surface area contributed by atoms with Crippen LogP contribution in [0.5, 0.6) is 0 Å². The van der Waals surface area contributed by atoms with Gasteiger partial charge in [0.25, 0.3) is 0 Å². The highest BCUT2D eigenvalue weighted by atomic mass is 16.6. The van der Waals surface area contributed by atoms with E-state index in [0.29, 0.717) is 33.0 Å². The van der Waals surface area contributed by atoms with Crippen molar-refractivity contribution in [1.29, 1.82) is 0 Å². The summed E-state index contributed by atoms with van der Waals surface area (Å²) in [6.45, 7) is 14.7. The molecule has 0 fully saturated rings. The zero-order chi connectivity index (χ0) is 20.8. The Morgan fingerprint density at radius 2 is 1.22 bits per heavy atom. The minimum atomic E-state index is -0.375. The van der Waals surface area contributed by atoms with Crippen molar-refractivity contribution in [3.8, 4) is 0 Å². The second kappa shape index (κ2) is 14.1. The summed E-state index contributed by atoms with van der Waals surface area (Å²) < 4.78 is 21.7. The SMILES string of the molecule is CCC(C)(CC)OCCOCCOCCOC(=O)CCC(=O)C(C)(C)CC. The zero-order valence-corrected chi connectivity index (χ0v) is 18.2. The molecule has 6 nitrogen and oxygen atoms in total. The van der Waals surface area contributed by atoms with Crippen molar-refractivity contribution in [1.82, 2.24) is 0 Å². The van der Waals surface area contributed by atoms with E-state index in [-0.39, 0.29) is 42.2 Å². The lowest BCUT2D eigenvalue weighted by Gasteiger charge is -2.27. The highest BCUT2D eigenvalue weighted by Gasteiger charge is 2.25. The summed E-state index contributed by atoms with van der Waals surface area (Å²) in [6, 6.07) is 0. The Kier molecular flexibility index (Phi) is 13.6. The van der Waals surface area contributed by atoms with Crippen LogP contribution >= 0.6 is 0 Å². The summed E-state index contributed by atoms with van der Waals surface area (Å²) in [6.07, 6.45) is 3.08. The van der Waals surface area contributed by atoms with Crippen LogP contribution in [0.4, 0.5) is 0 Å². The smallest absolute Gasteiger partial charge is 0.306 e. The van der Waals surface area contributed by atoms with Gasteiger partial charge < -0.3 is 18.9 Å². The van der Waals surface area contributed by atoms with Crippen molar-refractivity contribution in [3.63, 3.8) is 0 Å². The fourth-order valence-corrected chi connectivity index (χ4v) is 2.16. The molecule has 0 aliphatic carbocycles. The van der Waals surface area contributed by atoms with E-state index < -0.39 is 0 Å². The van der Waals surface area contributed by atoms with Crippen LogP contribution in [0.15, 0.2) is 0 Å². The fraction of sp³-hybridized carbons (Fsp3) is 0.905. The summed E-state index contributed by atoms with van der Waals surface area (Å²) >= 11 is 0. The summed E-state index contributed by atoms with van der Waals surface area (Å²) in [5.74, 6) is -0.264. The van der Waals surface area contributed by atoms with E-state index in [1.165, 1.54) is 0 Å². The average molecular weight is 389 g/mol. The number of hydrogen-bond acceptors (Lipinski definition) is 6. The van der Waals surface area contributed by atoms with Crippen molar-refractivity contribution in [2.45, 2.75) is 79.2 Å². The molecule has 0 amide bonds. The Morgan fingerprint density at radius 1 is 0.704 bits per heavy atom. The van der Waals surface area contributed by atoms with E-state index in [1.54, 1.807) is 0 Å². The number of rotatable bonds is 17. The lowest BCUT2D eigenvalue weighted by Crippen LogP contribution is -2.28. The van der Waals surface area contributed by atoms with Crippen LogP contribution in [0.1, 0.15) is 73.6 Å². The van der Waals surface area contributed by atoms with Gasteiger partial charge in [0.15, 0.2) is 0 Å². The number of ketones is 1. The fourth-order valence-electron chi connectivity index (χ4n) is 2.16. The lowest BCUT2D eigenvalue weighted by atomic mass is 9.83. The Bertz CT molecular complexity index is 415. The molecule has 0 aromatic heterocycles. The molecule has 0 spiro atoms. The molecular weight excluding hydrogens is 348 g/mol. The number of esters is 1. The van der Waals surface area contributed by atoms with Gasteiger partial charge in [-0.25, -0.2) is 0 Å². The number of carbonyl (C=O) groups excluding carboxylic acids is 2. The van der Waals surface area contributed by atoms with Crippen molar-refractivity contribution >= 4 is 11.8 Å². The Labute approximate surface area is 165 Å². The minimum Gasteiger partial charge on any atom is -0.463 e. The average Bonchev–Trinajstić information content (AvgIpc) is 2.67. The summed E-state index contributed by atoms with van der Waals surface area (Å²) in [5, 5.41) is 0. The topological polar surface area (TPSA) is 71.1 Å². The van der Waals surface area contributed by atoms with Gasteiger partial charge in [-0.05, 0) is 26.2 Å². The number of ether oxygens (including phenoxy) is 4. The first-order valence-corrected chi connectivity index (χ1v) is 10.2. The van der Waals surface area contributed by atoms with E-state index in [2.05, 4.69) is 20.8 Å². The lowest BCUT2D eigenvalue weighted by molar-refractivity contribution is -0.147. The van der Waals surface area contributed by atoms with Crippen LogP contribution in [0, 0.1) is 5.41 Å². The molecule has 0 rings (SSSR count). The Hall–Kier alpha value is -0.980. The molecule has 27 heavy (non-hydrogen) atoms. The molecule has 0 heterocycles. The van der Waals surface area contributed by atoms with Gasteiger partial charge in [0.05, 0.1) is 45.1 Å². The zero-order valence-electron chi connectivity index (χ0n) is 18.2. The van der Waals surface area contributed by atoms with Gasteiger partial charge in [-0.2, -0.15) is 0 Å². The first kappa shape index (κ1) is 26.0. The number of hydrogen-bond donors (Lipinski definition) is 0. The van der Waals surface area contributed by atoms with Crippen LogP contribution in [0.25, 0.3) is 0 Å². The standard InChI is InChI=1S/C21H40O6/c1-7-20(4,5)18(22)10-11-19(23)26-16-14-24-12-13-25-15-17-27-21(6,8-2)9-3/h7-17H2,1-6H3. The van der Waals surface area contributed by atoms with Crippen molar-refractivity contribution in [2.75, 3.05) is 39.6 Å². The van der Waals surface area contributed by atoms with Gasteiger partial charge in [0.1, 0.15) is 12.4 Å². The molecule has 6 heteroatoms. The highest BCUT2D eigenvalue weighted by Crippen LogP contribution is 2.23. The van der Waals surface area contributed by atoms with Crippen molar-refractivity contribution in [3.05, 3.63) is 0 Å². The van der Waals surface area contributed by atoms with E-state index >= 15 is 0 Å². The molecule has 0 saturated carbocycles. The third kappa shape index (κ3) is 12.2. The maximum absolute atomic E-state index is 12.0. The molecule has 160 valence electrons. The van der Waals surface area contributed by atoms with Crippen LogP contribution < -0.4 is 0 Å². The van der Waals surface area contributed by atoms with Crippen LogP contribution in [-0.4, -0.2) is 57.0 Å². The van der Waals surface area contributed by atoms with E-state index in [9.17, 15) is 9.59 Å². The van der Waals surface area contributed by atoms with E-state index in [1.807, 2.05) is 20.8 Å². The molecule has 0 aliphatic heterocycles. The molecule has 0 aliphatic rings.